The van der Waals surface area contributed by atoms with Gasteiger partial charge in [-0.2, -0.15) is 0 Å². The molecule has 0 aliphatic heterocycles. The van der Waals surface area contributed by atoms with Gasteiger partial charge in [-0.05, 0) is 32.0 Å². The number of carbonyl (C=O) groups excluding carboxylic acids is 1. The number of amides is 1. The van der Waals surface area contributed by atoms with Crippen molar-refractivity contribution in [2.45, 2.75) is 19.4 Å². The van der Waals surface area contributed by atoms with Crippen LogP contribution >= 0.6 is 0 Å². The summed E-state index contributed by atoms with van der Waals surface area (Å²) in [6, 6.07) is 3.60. The van der Waals surface area contributed by atoms with Crippen molar-refractivity contribution >= 4 is 11.6 Å². The number of rotatable bonds is 3. The number of benzene rings is 1. The zero-order valence-electron chi connectivity index (χ0n) is 9.25. The van der Waals surface area contributed by atoms with E-state index in [2.05, 4.69) is 5.32 Å². The monoisotopic (exact) mass is 226 g/mol. The first kappa shape index (κ1) is 12.4. The Balaban J connectivity index is 2.73. The highest BCUT2D eigenvalue weighted by Crippen LogP contribution is 2.10. The highest BCUT2D eigenvalue weighted by molar-refractivity contribution is 5.95. The molecule has 0 fully saturated rings. The first-order valence-corrected chi connectivity index (χ1v) is 4.84. The summed E-state index contributed by atoms with van der Waals surface area (Å²) in [5.74, 6) is -1.03. The average Bonchev–Trinajstić information content (AvgIpc) is 2.11. The van der Waals surface area contributed by atoms with Gasteiger partial charge in [-0.3, -0.25) is 4.79 Å². The fraction of sp³-hybridized carbons (Fsp3) is 0.364. The third-order valence-corrected chi connectivity index (χ3v) is 1.86. The smallest absolute Gasteiger partial charge is 0.251 e. The molecule has 0 aliphatic carbocycles. The number of nitrogen functional groups attached to an aromatic ring is 1. The lowest BCUT2D eigenvalue weighted by atomic mass is 10.1. The standard InChI is InChI=1S/C11H15FN2O2/c1-11(2,16)6-14-10(15)7-3-8(12)5-9(13)4-7/h3-5,16H,6,13H2,1-2H3,(H,14,15). The van der Waals surface area contributed by atoms with Crippen LogP contribution in [-0.4, -0.2) is 23.2 Å². The van der Waals surface area contributed by atoms with Crippen LogP contribution in [0.15, 0.2) is 18.2 Å². The molecule has 0 bridgehead atoms. The zero-order chi connectivity index (χ0) is 12.3. The van der Waals surface area contributed by atoms with Gasteiger partial charge in [0.2, 0.25) is 0 Å². The minimum atomic E-state index is -1.01. The Morgan fingerprint density at radius 1 is 1.50 bits per heavy atom. The number of hydrogen-bond donors (Lipinski definition) is 3. The summed E-state index contributed by atoms with van der Waals surface area (Å²) >= 11 is 0. The first-order chi connectivity index (χ1) is 7.28. The fourth-order valence-electron chi connectivity index (χ4n) is 1.14. The van der Waals surface area contributed by atoms with E-state index in [1.807, 2.05) is 0 Å². The molecule has 0 aliphatic rings. The van der Waals surface area contributed by atoms with Gasteiger partial charge in [0, 0.05) is 17.8 Å². The summed E-state index contributed by atoms with van der Waals surface area (Å²) in [5.41, 5.74) is 4.73. The van der Waals surface area contributed by atoms with E-state index >= 15 is 0 Å². The molecule has 1 rings (SSSR count). The Hall–Kier alpha value is -1.62. The van der Waals surface area contributed by atoms with Crippen LogP contribution in [0.1, 0.15) is 24.2 Å². The zero-order valence-corrected chi connectivity index (χ0v) is 9.25. The maximum absolute atomic E-state index is 13.0. The number of hydrogen-bond acceptors (Lipinski definition) is 3. The Morgan fingerprint density at radius 3 is 2.62 bits per heavy atom. The summed E-state index contributed by atoms with van der Waals surface area (Å²) in [4.78, 5) is 11.6. The minimum Gasteiger partial charge on any atom is -0.399 e. The molecule has 0 unspecified atom stereocenters. The Morgan fingerprint density at radius 2 is 2.12 bits per heavy atom. The van der Waals surface area contributed by atoms with Crippen molar-refractivity contribution < 1.29 is 14.3 Å². The van der Waals surface area contributed by atoms with E-state index in [1.54, 1.807) is 13.8 Å². The van der Waals surface area contributed by atoms with Crippen molar-refractivity contribution in [2.24, 2.45) is 0 Å². The Bertz CT molecular complexity index is 379. The minimum absolute atomic E-state index is 0.0856. The predicted molar refractivity (Wildman–Crippen MR) is 59.4 cm³/mol. The van der Waals surface area contributed by atoms with E-state index in [0.29, 0.717) is 0 Å². The van der Waals surface area contributed by atoms with Crippen molar-refractivity contribution in [2.75, 3.05) is 12.3 Å². The Labute approximate surface area is 93.3 Å². The lowest BCUT2D eigenvalue weighted by Crippen LogP contribution is -2.38. The van der Waals surface area contributed by atoms with Crippen LogP contribution in [0, 0.1) is 5.82 Å². The van der Waals surface area contributed by atoms with Crippen molar-refractivity contribution in [3.63, 3.8) is 0 Å². The second-order valence-electron chi connectivity index (χ2n) is 4.27. The molecule has 0 spiro atoms. The summed E-state index contributed by atoms with van der Waals surface area (Å²) in [6.07, 6.45) is 0. The molecule has 0 saturated carbocycles. The van der Waals surface area contributed by atoms with E-state index in [-0.39, 0.29) is 17.8 Å². The summed E-state index contributed by atoms with van der Waals surface area (Å²) < 4.78 is 13.0. The number of aliphatic hydroxyl groups is 1. The summed E-state index contributed by atoms with van der Waals surface area (Å²) in [5, 5.41) is 11.9. The van der Waals surface area contributed by atoms with Crippen molar-refractivity contribution in [1.29, 1.82) is 0 Å². The topological polar surface area (TPSA) is 75.3 Å². The van der Waals surface area contributed by atoms with Gasteiger partial charge in [0.05, 0.1) is 5.60 Å². The van der Waals surface area contributed by atoms with Crippen LogP contribution in [0.5, 0.6) is 0 Å². The molecule has 0 saturated heterocycles. The van der Waals surface area contributed by atoms with Gasteiger partial charge < -0.3 is 16.2 Å². The van der Waals surface area contributed by atoms with E-state index in [0.717, 1.165) is 12.1 Å². The highest BCUT2D eigenvalue weighted by atomic mass is 19.1. The molecular weight excluding hydrogens is 211 g/mol. The van der Waals surface area contributed by atoms with Gasteiger partial charge >= 0.3 is 0 Å². The molecule has 4 nitrogen and oxygen atoms in total. The molecule has 0 aromatic heterocycles. The van der Waals surface area contributed by atoms with Crippen LogP contribution in [0.25, 0.3) is 0 Å². The molecule has 1 aromatic carbocycles. The van der Waals surface area contributed by atoms with Crippen LogP contribution in [0.2, 0.25) is 0 Å². The number of carbonyl (C=O) groups is 1. The highest BCUT2D eigenvalue weighted by Gasteiger charge is 2.15. The second kappa shape index (κ2) is 4.49. The Kier molecular flexibility index (Phi) is 3.49. The normalized spacial score (nSPS) is 11.2. The van der Waals surface area contributed by atoms with Crippen LogP contribution in [0.4, 0.5) is 10.1 Å². The number of halogens is 1. The molecule has 0 radical (unpaired) electrons. The SMILES string of the molecule is CC(C)(O)CNC(=O)c1cc(N)cc(F)c1. The molecule has 4 N–H and O–H groups in total. The summed E-state index contributed by atoms with van der Waals surface area (Å²) in [6.45, 7) is 3.21. The van der Waals surface area contributed by atoms with E-state index in [1.165, 1.54) is 6.07 Å². The maximum atomic E-state index is 13.0. The molecule has 5 heteroatoms. The van der Waals surface area contributed by atoms with Gasteiger partial charge in [0.25, 0.3) is 5.91 Å². The largest absolute Gasteiger partial charge is 0.399 e. The molecule has 0 heterocycles. The van der Waals surface area contributed by atoms with Crippen LogP contribution < -0.4 is 11.1 Å². The van der Waals surface area contributed by atoms with E-state index < -0.39 is 17.3 Å². The van der Waals surface area contributed by atoms with Gasteiger partial charge in [0.15, 0.2) is 0 Å². The number of nitrogens with two attached hydrogens (primary N) is 1. The van der Waals surface area contributed by atoms with Crippen molar-refractivity contribution in [3.05, 3.63) is 29.6 Å². The third-order valence-electron chi connectivity index (χ3n) is 1.86. The van der Waals surface area contributed by atoms with Gasteiger partial charge in [0.1, 0.15) is 5.82 Å². The van der Waals surface area contributed by atoms with Crippen molar-refractivity contribution in [3.8, 4) is 0 Å². The van der Waals surface area contributed by atoms with E-state index in [9.17, 15) is 14.3 Å². The summed E-state index contributed by atoms with van der Waals surface area (Å²) in [7, 11) is 0. The second-order valence-corrected chi connectivity index (χ2v) is 4.27. The molecule has 16 heavy (non-hydrogen) atoms. The molecular formula is C11H15FN2O2. The van der Waals surface area contributed by atoms with E-state index in [4.69, 9.17) is 5.73 Å². The first-order valence-electron chi connectivity index (χ1n) is 4.84. The fourth-order valence-corrected chi connectivity index (χ4v) is 1.14. The average molecular weight is 226 g/mol. The number of anilines is 1. The molecule has 1 aromatic rings. The van der Waals surface area contributed by atoms with Gasteiger partial charge in [-0.15, -0.1) is 0 Å². The maximum Gasteiger partial charge on any atom is 0.251 e. The third kappa shape index (κ3) is 3.86. The quantitative estimate of drug-likeness (QED) is 0.670. The van der Waals surface area contributed by atoms with Crippen LogP contribution in [-0.2, 0) is 0 Å². The predicted octanol–water partition coefficient (Wildman–Crippen LogP) is 0.909. The molecule has 0 atom stereocenters. The lowest BCUT2D eigenvalue weighted by Gasteiger charge is -2.17. The number of nitrogens with one attached hydrogen (secondary N) is 1. The van der Waals surface area contributed by atoms with Crippen molar-refractivity contribution in [1.82, 2.24) is 5.32 Å². The lowest BCUT2D eigenvalue weighted by molar-refractivity contribution is 0.0694. The van der Waals surface area contributed by atoms with Gasteiger partial charge in [-0.1, -0.05) is 0 Å². The van der Waals surface area contributed by atoms with Crippen LogP contribution in [0.3, 0.4) is 0 Å². The molecule has 88 valence electrons. The molecule has 1 amide bonds. The van der Waals surface area contributed by atoms with Gasteiger partial charge in [-0.25, -0.2) is 4.39 Å².